The van der Waals surface area contributed by atoms with Crippen LogP contribution < -0.4 is 9.80 Å². The largest absolute Gasteiger partial charge is 0.355 e. The van der Waals surface area contributed by atoms with Crippen LogP contribution >= 0.6 is 0 Å². The van der Waals surface area contributed by atoms with E-state index in [1.54, 1.807) is 0 Å². The first-order valence-electron chi connectivity index (χ1n) is 10.9. The van der Waals surface area contributed by atoms with Crippen molar-refractivity contribution in [2.24, 2.45) is 0 Å². The average molecular weight is 394 g/mol. The van der Waals surface area contributed by atoms with Crippen LogP contribution in [0.25, 0.3) is 0 Å². The highest BCUT2D eigenvalue weighted by molar-refractivity contribution is 5.84. The number of aromatic nitrogens is 2. The molecule has 1 aromatic carbocycles. The van der Waals surface area contributed by atoms with Crippen molar-refractivity contribution in [2.75, 3.05) is 49.1 Å². The fraction of sp³-hybridized carbons (Fsp3) is 0.522. The first kappa shape index (κ1) is 19.7. The summed E-state index contributed by atoms with van der Waals surface area (Å²) < 4.78 is 0. The Balaban J connectivity index is 1.34. The van der Waals surface area contributed by atoms with Gasteiger partial charge in [0.2, 0.25) is 5.91 Å². The number of piperazine rings is 1. The summed E-state index contributed by atoms with van der Waals surface area (Å²) in [5.74, 6) is 2.08. The lowest BCUT2D eigenvalue weighted by atomic mass is 9.95. The average Bonchev–Trinajstić information content (AvgIpc) is 2.81. The molecule has 0 bridgehead atoms. The smallest absolute Gasteiger partial charge is 0.230 e. The molecule has 0 N–H and O–H groups in total. The Hall–Kier alpha value is -2.63. The van der Waals surface area contributed by atoms with Crippen molar-refractivity contribution in [3.8, 4) is 0 Å². The molecule has 3 heterocycles. The van der Waals surface area contributed by atoms with E-state index in [9.17, 15) is 4.79 Å². The molecule has 1 atom stereocenters. The van der Waals surface area contributed by atoms with Crippen LogP contribution in [-0.4, -0.2) is 60.3 Å². The van der Waals surface area contributed by atoms with Gasteiger partial charge in [-0.25, -0.2) is 0 Å². The molecule has 2 saturated heterocycles. The lowest BCUT2D eigenvalue weighted by Crippen LogP contribution is -2.50. The minimum atomic E-state index is -0.0497. The molecule has 6 heteroatoms. The van der Waals surface area contributed by atoms with Crippen LogP contribution in [0.2, 0.25) is 0 Å². The molecule has 2 aliphatic heterocycles. The van der Waals surface area contributed by atoms with Gasteiger partial charge in [-0.1, -0.05) is 37.3 Å². The molecule has 4 rings (SSSR count). The number of carbonyl (C=O) groups excluding carboxylic acids is 1. The molecule has 0 radical (unpaired) electrons. The fourth-order valence-corrected chi connectivity index (χ4v) is 4.39. The van der Waals surface area contributed by atoms with Crippen molar-refractivity contribution in [3.05, 3.63) is 48.0 Å². The van der Waals surface area contributed by atoms with Gasteiger partial charge in [0, 0.05) is 39.3 Å². The third kappa shape index (κ3) is 4.52. The molecule has 6 nitrogen and oxygen atoms in total. The first-order valence-corrected chi connectivity index (χ1v) is 10.9. The van der Waals surface area contributed by atoms with Gasteiger partial charge in [0.15, 0.2) is 11.6 Å². The van der Waals surface area contributed by atoms with Gasteiger partial charge in [0.1, 0.15) is 0 Å². The zero-order valence-corrected chi connectivity index (χ0v) is 17.3. The molecule has 2 aliphatic rings. The minimum Gasteiger partial charge on any atom is -0.355 e. The van der Waals surface area contributed by atoms with Crippen molar-refractivity contribution >= 4 is 17.5 Å². The van der Waals surface area contributed by atoms with Gasteiger partial charge in [-0.05, 0) is 43.4 Å². The summed E-state index contributed by atoms with van der Waals surface area (Å²) in [7, 11) is 0. The summed E-state index contributed by atoms with van der Waals surface area (Å²) in [4.78, 5) is 19.6. The van der Waals surface area contributed by atoms with Gasteiger partial charge in [-0.3, -0.25) is 4.79 Å². The summed E-state index contributed by atoms with van der Waals surface area (Å²) in [5, 5.41) is 8.94. The third-order valence-electron chi connectivity index (χ3n) is 6.14. The molecule has 1 amide bonds. The highest BCUT2D eigenvalue weighted by Crippen LogP contribution is 2.24. The van der Waals surface area contributed by atoms with E-state index in [4.69, 9.17) is 0 Å². The lowest BCUT2D eigenvalue weighted by Gasteiger charge is -2.37. The Morgan fingerprint density at radius 3 is 1.97 bits per heavy atom. The Morgan fingerprint density at radius 2 is 1.41 bits per heavy atom. The maximum absolute atomic E-state index is 13.1. The summed E-state index contributed by atoms with van der Waals surface area (Å²) in [6.07, 6.45) is 4.61. The van der Waals surface area contributed by atoms with E-state index >= 15 is 0 Å². The monoisotopic (exact) mass is 393 g/mol. The quantitative estimate of drug-likeness (QED) is 0.780. The maximum Gasteiger partial charge on any atom is 0.230 e. The van der Waals surface area contributed by atoms with E-state index in [0.29, 0.717) is 0 Å². The SMILES string of the molecule is CC[C@H](C(=O)N1CCN(c2ccc(N3CCCCC3)nn2)CC1)c1ccccc1. The Bertz CT molecular complexity index is 781. The first-order chi connectivity index (χ1) is 14.3. The molecular weight excluding hydrogens is 362 g/mol. The van der Waals surface area contributed by atoms with E-state index in [2.05, 4.69) is 51.2 Å². The predicted octanol–water partition coefficient (Wildman–Crippen LogP) is 3.31. The third-order valence-corrected chi connectivity index (χ3v) is 6.14. The number of hydrogen-bond donors (Lipinski definition) is 0. The second-order valence-corrected chi connectivity index (χ2v) is 7.98. The Morgan fingerprint density at radius 1 is 0.828 bits per heavy atom. The molecule has 2 fully saturated rings. The van der Waals surface area contributed by atoms with Crippen LogP contribution in [0.15, 0.2) is 42.5 Å². The molecular formula is C23H31N5O. The summed E-state index contributed by atoms with van der Waals surface area (Å²) in [6.45, 7) is 7.31. The number of benzene rings is 1. The summed E-state index contributed by atoms with van der Waals surface area (Å²) in [5.41, 5.74) is 1.11. The molecule has 0 aliphatic carbocycles. The van der Waals surface area contributed by atoms with Crippen LogP contribution in [0.4, 0.5) is 11.6 Å². The summed E-state index contributed by atoms with van der Waals surface area (Å²) in [6, 6.07) is 14.3. The van der Waals surface area contributed by atoms with E-state index in [0.717, 1.165) is 62.9 Å². The van der Waals surface area contributed by atoms with Gasteiger partial charge in [-0.15, -0.1) is 10.2 Å². The zero-order valence-electron chi connectivity index (χ0n) is 17.3. The number of rotatable bonds is 5. The number of anilines is 2. The number of carbonyl (C=O) groups is 1. The molecule has 1 aromatic heterocycles. The van der Waals surface area contributed by atoms with Gasteiger partial charge < -0.3 is 14.7 Å². The van der Waals surface area contributed by atoms with Crippen molar-refractivity contribution in [2.45, 2.75) is 38.5 Å². The molecule has 29 heavy (non-hydrogen) atoms. The van der Waals surface area contributed by atoms with Gasteiger partial charge in [0.05, 0.1) is 5.92 Å². The molecule has 2 aromatic rings. The highest BCUT2D eigenvalue weighted by Gasteiger charge is 2.28. The summed E-state index contributed by atoms with van der Waals surface area (Å²) >= 11 is 0. The van der Waals surface area contributed by atoms with Crippen molar-refractivity contribution in [1.29, 1.82) is 0 Å². The maximum atomic E-state index is 13.1. The van der Waals surface area contributed by atoms with E-state index in [-0.39, 0.29) is 11.8 Å². The van der Waals surface area contributed by atoms with Crippen LogP contribution in [-0.2, 0) is 4.79 Å². The van der Waals surface area contributed by atoms with E-state index < -0.39 is 0 Å². The minimum absolute atomic E-state index is 0.0497. The van der Waals surface area contributed by atoms with E-state index in [1.807, 2.05) is 23.1 Å². The molecule has 154 valence electrons. The topological polar surface area (TPSA) is 52.6 Å². The standard InChI is InChI=1S/C23H31N5O/c1-2-20(19-9-5-3-6-10-19)23(29)28-17-15-27(16-18-28)22-12-11-21(24-25-22)26-13-7-4-8-14-26/h3,5-6,9-12,20H,2,4,7-8,13-18H2,1H3/t20-/m0/s1. The fourth-order valence-electron chi connectivity index (χ4n) is 4.39. The zero-order chi connectivity index (χ0) is 20.1. The van der Waals surface area contributed by atoms with Crippen LogP contribution in [0.5, 0.6) is 0 Å². The van der Waals surface area contributed by atoms with Crippen LogP contribution in [0, 0.1) is 0 Å². The van der Waals surface area contributed by atoms with Crippen molar-refractivity contribution < 1.29 is 4.79 Å². The van der Waals surface area contributed by atoms with Crippen molar-refractivity contribution in [1.82, 2.24) is 15.1 Å². The van der Waals surface area contributed by atoms with Crippen molar-refractivity contribution in [3.63, 3.8) is 0 Å². The number of hydrogen-bond acceptors (Lipinski definition) is 5. The second kappa shape index (κ2) is 9.25. The second-order valence-electron chi connectivity index (χ2n) is 7.98. The van der Waals surface area contributed by atoms with E-state index in [1.165, 1.54) is 19.3 Å². The van der Waals surface area contributed by atoms with Gasteiger partial charge in [-0.2, -0.15) is 0 Å². The van der Waals surface area contributed by atoms with Gasteiger partial charge in [0.25, 0.3) is 0 Å². The van der Waals surface area contributed by atoms with Gasteiger partial charge >= 0.3 is 0 Å². The Labute approximate surface area is 173 Å². The molecule has 0 saturated carbocycles. The molecule has 0 spiro atoms. The Kier molecular flexibility index (Phi) is 6.27. The lowest BCUT2D eigenvalue weighted by molar-refractivity contribution is -0.133. The normalized spacial score (nSPS) is 18.6. The predicted molar refractivity (Wildman–Crippen MR) is 116 cm³/mol. The highest BCUT2D eigenvalue weighted by atomic mass is 16.2. The number of piperidine rings is 1. The number of amides is 1. The van der Waals surface area contributed by atoms with Crippen LogP contribution in [0.1, 0.15) is 44.1 Å². The molecule has 0 unspecified atom stereocenters. The number of nitrogens with zero attached hydrogens (tertiary/aromatic N) is 5. The van der Waals surface area contributed by atoms with Crippen LogP contribution in [0.3, 0.4) is 0 Å².